The number of aromatic nitrogens is 3. The van der Waals surface area contributed by atoms with E-state index in [4.69, 9.17) is 9.47 Å². The van der Waals surface area contributed by atoms with Crippen LogP contribution in [-0.2, 0) is 11.2 Å². The quantitative estimate of drug-likeness (QED) is 0.130. The van der Waals surface area contributed by atoms with E-state index >= 15 is 0 Å². The summed E-state index contributed by atoms with van der Waals surface area (Å²) in [5, 5.41) is 6.33. The van der Waals surface area contributed by atoms with Crippen LogP contribution < -0.4 is 34.3 Å². The summed E-state index contributed by atoms with van der Waals surface area (Å²) in [6.07, 6.45) is 4.31. The number of nitrogens with zero attached hydrogens (tertiary/aromatic N) is 6. The van der Waals surface area contributed by atoms with Crippen LogP contribution in [0.15, 0.2) is 59.8 Å². The van der Waals surface area contributed by atoms with Crippen LogP contribution >= 0.6 is 0 Å². The van der Waals surface area contributed by atoms with Gasteiger partial charge in [0.15, 0.2) is 0 Å². The molecule has 168 valence electrons. The first kappa shape index (κ1) is 22.4. The van der Waals surface area contributed by atoms with Gasteiger partial charge in [0, 0.05) is 0 Å². The molecule has 0 unspecified atom stereocenters. The van der Waals surface area contributed by atoms with Gasteiger partial charge in [-0.15, -0.1) is 0 Å². The van der Waals surface area contributed by atoms with E-state index in [0.29, 0.717) is 31.5 Å². The van der Waals surface area contributed by atoms with Gasteiger partial charge < -0.3 is 0 Å². The molecule has 8 nitrogen and oxygen atoms in total. The van der Waals surface area contributed by atoms with E-state index in [1.807, 2.05) is 49.7 Å². The van der Waals surface area contributed by atoms with Crippen molar-refractivity contribution in [1.82, 2.24) is 15.0 Å². The topological polar surface area (TPSA) is 76.0 Å². The van der Waals surface area contributed by atoms with Crippen molar-refractivity contribution in [3.63, 3.8) is 0 Å². The maximum absolute atomic E-state index is 5.92. The minimum absolute atomic E-state index is 0.276. The summed E-state index contributed by atoms with van der Waals surface area (Å²) in [6, 6.07) is 16.4. The van der Waals surface area contributed by atoms with E-state index < -0.39 is 0 Å². The molecule has 0 amide bonds. The molecule has 1 aromatic carbocycles. The Morgan fingerprint density at radius 3 is 2.94 bits per heavy atom. The molecule has 0 saturated carbocycles. The summed E-state index contributed by atoms with van der Waals surface area (Å²) < 4.78 is 14.5. The van der Waals surface area contributed by atoms with Crippen molar-refractivity contribution < 1.29 is 31.0 Å². The summed E-state index contributed by atoms with van der Waals surface area (Å²) in [5.41, 5.74) is 3.21. The van der Waals surface area contributed by atoms with E-state index in [1.54, 1.807) is 11.2 Å². The number of hydrazone groups is 1. The fraction of sp³-hybridized carbons (Fsp3) is 0.304. The standard InChI is InChI=1S/C23H26IN6O2/c1-18-6-5-7-19(14-18)16-26-29(2)21-15-22(30-11-13-31-17-24-30)28-23(27-21)32-12-9-20-8-3-4-10-25-20/h3-8,10,14-16H,9,11-13,17H2,1-2H3/q-1/b26-16+. The van der Waals surface area contributed by atoms with Crippen LogP contribution in [0.4, 0.5) is 11.6 Å². The Bertz CT molecular complexity index is 1040. The predicted molar refractivity (Wildman–Crippen MR) is 121 cm³/mol. The first-order chi connectivity index (χ1) is 15.7. The number of hydrogen-bond donors (Lipinski definition) is 0. The number of benzene rings is 1. The molecular formula is C23H26IN6O2-. The van der Waals surface area contributed by atoms with Gasteiger partial charge >= 0.3 is 199 Å². The van der Waals surface area contributed by atoms with Crippen molar-refractivity contribution in [2.24, 2.45) is 5.10 Å². The molecule has 3 aromatic rings. The average molecular weight is 545 g/mol. The Balaban J connectivity index is 1.52. The number of pyridine rings is 1. The molecule has 1 fully saturated rings. The summed E-state index contributed by atoms with van der Waals surface area (Å²) in [4.78, 5) is 13.6. The number of ether oxygens (including phenoxy) is 2. The third-order valence-electron chi connectivity index (χ3n) is 4.70. The van der Waals surface area contributed by atoms with Crippen molar-refractivity contribution in [3.8, 4) is 6.01 Å². The van der Waals surface area contributed by atoms with E-state index in [2.05, 4.69) is 42.2 Å². The summed E-state index contributed by atoms with van der Waals surface area (Å²) in [7, 11) is 1.88. The Hall–Kier alpha value is -2.79. The molecule has 0 N–H and O–H groups in total. The van der Waals surface area contributed by atoms with Crippen LogP contribution in [0, 0.1) is 6.92 Å². The van der Waals surface area contributed by atoms with E-state index in [0.717, 1.165) is 28.2 Å². The molecule has 2 aromatic heterocycles. The molecule has 0 spiro atoms. The van der Waals surface area contributed by atoms with Crippen LogP contribution in [0.5, 0.6) is 6.01 Å². The number of aryl methyl sites for hydroxylation is 1. The Morgan fingerprint density at radius 1 is 1.22 bits per heavy atom. The van der Waals surface area contributed by atoms with Gasteiger partial charge in [0.1, 0.15) is 0 Å². The van der Waals surface area contributed by atoms with Gasteiger partial charge in [0.25, 0.3) is 0 Å². The van der Waals surface area contributed by atoms with E-state index in [1.165, 1.54) is 5.56 Å². The monoisotopic (exact) mass is 545 g/mol. The van der Waals surface area contributed by atoms with Gasteiger partial charge in [-0.3, -0.25) is 0 Å². The van der Waals surface area contributed by atoms with Crippen molar-refractivity contribution in [2.45, 2.75) is 13.3 Å². The second kappa shape index (κ2) is 11.2. The van der Waals surface area contributed by atoms with E-state index in [-0.39, 0.29) is 21.5 Å². The Kier molecular flexibility index (Phi) is 7.83. The fourth-order valence-corrected chi connectivity index (χ4v) is 5.02. The normalized spacial score (nSPS) is 14.2. The molecule has 3 heterocycles. The molecule has 1 saturated heterocycles. The zero-order valence-electron chi connectivity index (χ0n) is 18.2. The van der Waals surface area contributed by atoms with Crippen LogP contribution in [0.3, 0.4) is 0 Å². The summed E-state index contributed by atoms with van der Waals surface area (Å²) in [6.45, 7) is 4.05. The van der Waals surface area contributed by atoms with Gasteiger partial charge in [0.05, 0.1) is 0 Å². The Morgan fingerprint density at radius 2 is 2.16 bits per heavy atom. The Labute approximate surface area is 198 Å². The number of halogens is 1. The van der Waals surface area contributed by atoms with Gasteiger partial charge in [-0.05, 0) is 0 Å². The molecule has 0 aliphatic carbocycles. The van der Waals surface area contributed by atoms with Crippen molar-refractivity contribution in [3.05, 3.63) is 71.5 Å². The van der Waals surface area contributed by atoms with Crippen LogP contribution in [-0.4, -0.2) is 52.6 Å². The van der Waals surface area contributed by atoms with Gasteiger partial charge in [0.2, 0.25) is 0 Å². The third kappa shape index (κ3) is 6.36. The first-order valence-electron chi connectivity index (χ1n) is 10.4. The third-order valence-corrected chi connectivity index (χ3v) is 7.22. The minimum atomic E-state index is -0.276. The number of rotatable bonds is 8. The van der Waals surface area contributed by atoms with Crippen LogP contribution in [0.1, 0.15) is 16.8 Å². The molecule has 32 heavy (non-hydrogen) atoms. The molecule has 1 aliphatic heterocycles. The van der Waals surface area contributed by atoms with E-state index in [9.17, 15) is 0 Å². The van der Waals surface area contributed by atoms with Crippen LogP contribution in [0.2, 0.25) is 0 Å². The molecule has 4 rings (SSSR count). The second-order valence-corrected chi connectivity index (χ2v) is 9.66. The number of hydrogen-bond acceptors (Lipinski definition) is 8. The molecule has 0 bridgehead atoms. The molecule has 0 radical (unpaired) electrons. The van der Waals surface area contributed by atoms with Gasteiger partial charge in [-0.25, -0.2) is 0 Å². The van der Waals surface area contributed by atoms with Gasteiger partial charge in [-0.2, -0.15) is 0 Å². The SMILES string of the molecule is Cc1cccc(/C=N/N(C)c2cc(N3CCOC[I-]3)nc(OCCc3ccccn3)n2)c1. The summed E-state index contributed by atoms with van der Waals surface area (Å²) >= 11 is -0.276. The maximum atomic E-state index is 5.92. The van der Waals surface area contributed by atoms with Crippen molar-refractivity contribution >= 4 is 17.9 Å². The molecular weight excluding hydrogens is 519 g/mol. The number of alkyl halides is 1. The van der Waals surface area contributed by atoms with Crippen molar-refractivity contribution in [2.75, 3.05) is 39.5 Å². The zero-order chi connectivity index (χ0) is 22.2. The molecule has 1 aliphatic rings. The van der Waals surface area contributed by atoms with Gasteiger partial charge in [-0.1, -0.05) is 0 Å². The molecule has 9 heteroatoms. The first-order valence-corrected chi connectivity index (χ1v) is 12.9. The fourth-order valence-electron chi connectivity index (χ4n) is 3.04. The molecule has 0 atom stereocenters. The zero-order valence-corrected chi connectivity index (χ0v) is 20.3. The average Bonchev–Trinajstić information content (AvgIpc) is 2.84. The number of anilines is 2. The summed E-state index contributed by atoms with van der Waals surface area (Å²) in [5.74, 6) is 1.54. The predicted octanol–water partition coefficient (Wildman–Crippen LogP) is 0.0699. The van der Waals surface area contributed by atoms with Crippen LogP contribution in [0.25, 0.3) is 0 Å². The second-order valence-electron chi connectivity index (χ2n) is 7.19. The van der Waals surface area contributed by atoms with Crippen molar-refractivity contribution in [1.29, 1.82) is 0 Å².